The Labute approximate surface area is 142 Å². The highest BCUT2D eigenvalue weighted by Crippen LogP contribution is 2.23. The number of hydrogen-bond donors (Lipinski definition) is 2. The molecule has 7 heteroatoms. The molecule has 0 atom stereocenters. The molecule has 0 aliphatic rings. The van der Waals surface area contributed by atoms with Gasteiger partial charge in [0.05, 0.1) is 5.69 Å². The molecular formula is C18H15F3N4. The van der Waals surface area contributed by atoms with E-state index in [0.717, 1.165) is 17.7 Å². The van der Waals surface area contributed by atoms with Gasteiger partial charge in [-0.25, -0.2) is 18.2 Å². The van der Waals surface area contributed by atoms with Crippen LogP contribution in [-0.4, -0.2) is 9.97 Å². The molecule has 0 radical (unpaired) electrons. The van der Waals surface area contributed by atoms with E-state index >= 15 is 0 Å². The van der Waals surface area contributed by atoms with E-state index in [-0.39, 0.29) is 11.5 Å². The molecule has 0 aliphatic carbocycles. The van der Waals surface area contributed by atoms with Crippen molar-refractivity contribution in [3.63, 3.8) is 0 Å². The quantitative estimate of drug-likeness (QED) is 0.666. The number of halogens is 3. The molecule has 2 aromatic carbocycles. The van der Waals surface area contributed by atoms with E-state index in [1.807, 2.05) is 30.3 Å². The van der Waals surface area contributed by atoms with Crippen molar-refractivity contribution in [3.05, 3.63) is 77.2 Å². The van der Waals surface area contributed by atoms with Crippen LogP contribution in [0.25, 0.3) is 0 Å². The van der Waals surface area contributed by atoms with E-state index < -0.39 is 17.5 Å². The molecule has 4 nitrogen and oxygen atoms in total. The SMILES string of the molecule is Cc1cc(Nc2ccc(F)c(F)c2F)nc(NCc2ccccc2)n1. The standard InChI is InChI=1S/C18H15F3N4/c1-11-9-15(24-14-8-7-13(19)16(20)17(14)21)25-18(23-11)22-10-12-5-3-2-4-6-12/h2-9H,10H2,1H3,(H2,22,23,24,25). The lowest BCUT2D eigenvalue weighted by atomic mass is 10.2. The summed E-state index contributed by atoms with van der Waals surface area (Å²) in [6.07, 6.45) is 0. The summed E-state index contributed by atoms with van der Waals surface area (Å²) in [5.74, 6) is -3.46. The summed E-state index contributed by atoms with van der Waals surface area (Å²) in [5.41, 5.74) is 1.48. The monoisotopic (exact) mass is 344 g/mol. The molecule has 1 heterocycles. The van der Waals surface area contributed by atoms with Gasteiger partial charge in [0.15, 0.2) is 17.5 Å². The predicted octanol–water partition coefficient (Wildman–Crippen LogP) is 4.56. The molecule has 1 aromatic heterocycles. The zero-order valence-electron chi connectivity index (χ0n) is 13.4. The average molecular weight is 344 g/mol. The zero-order valence-corrected chi connectivity index (χ0v) is 13.4. The summed E-state index contributed by atoms with van der Waals surface area (Å²) in [5, 5.41) is 5.72. The maximum Gasteiger partial charge on any atom is 0.225 e. The minimum absolute atomic E-state index is 0.203. The minimum Gasteiger partial charge on any atom is -0.350 e. The third-order valence-corrected chi connectivity index (χ3v) is 3.45. The van der Waals surface area contributed by atoms with Gasteiger partial charge in [-0.2, -0.15) is 4.98 Å². The summed E-state index contributed by atoms with van der Waals surface area (Å²) in [6, 6.07) is 13.2. The molecular weight excluding hydrogens is 329 g/mol. The van der Waals surface area contributed by atoms with Crippen LogP contribution in [0.1, 0.15) is 11.3 Å². The lowest BCUT2D eigenvalue weighted by molar-refractivity contribution is 0.449. The second kappa shape index (κ2) is 7.21. The molecule has 0 bridgehead atoms. The predicted molar refractivity (Wildman–Crippen MR) is 90.1 cm³/mol. The Bertz CT molecular complexity index is 885. The van der Waals surface area contributed by atoms with Crippen molar-refractivity contribution < 1.29 is 13.2 Å². The second-order valence-electron chi connectivity index (χ2n) is 5.41. The van der Waals surface area contributed by atoms with Gasteiger partial charge in [0, 0.05) is 18.3 Å². The lowest BCUT2D eigenvalue weighted by Crippen LogP contribution is -2.07. The summed E-state index contributed by atoms with van der Waals surface area (Å²) < 4.78 is 40.1. The molecule has 25 heavy (non-hydrogen) atoms. The number of rotatable bonds is 5. The summed E-state index contributed by atoms with van der Waals surface area (Å²) >= 11 is 0. The number of nitrogens with zero attached hydrogens (tertiary/aromatic N) is 2. The van der Waals surface area contributed by atoms with Crippen molar-refractivity contribution in [3.8, 4) is 0 Å². The molecule has 0 spiro atoms. The van der Waals surface area contributed by atoms with Crippen LogP contribution in [0.2, 0.25) is 0 Å². The Hall–Kier alpha value is -3.09. The average Bonchev–Trinajstić information content (AvgIpc) is 2.61. The van der Waals surface area contributed by atoms with Gasteiger partial charge in [-0.1, -0.05) is 30.3 Å². The van der Waals surface area contributed by atoms with Gasteiger partial charge in [-0.05, 0) is 24.6 Å². The second-order valence-corrected chi connectivity index (χ2v) is 5.41. The van der Waals surface area contributed by atoms with Gasteiger partial charge in [-0.3, -0.25) is 0 Å². The van der Waals surface area contributed by atoms with Crippen molar-refractivity contribution in [1.82, 2.24) is 9.97 Å². The normalized spacial score (nSPS) is 10.6. The maximum absolute atomic E-state index is 13.8. The molecule has 0 unspecified atom stereocenters. The Morgan fingerprint density at radius 3 is 2.44 bits per heavy atom. The van der Waals surface area contributed by atoms with Crippen molar-refractivity contribution in [2.24, 2.45) is 0 Å². The highest BCUT2D eigenvalue weighted by molar-refractivity contribution is 5.58. The molecule has 3 rings (SSSR count). The fourth-order valence-electron chi connectivity index (χ4n) is 2.25. The number of anilines is 3. The largest absolute Gasteiger partial charge is 0.350 e. The highest BCUT2D eigenvalue weighted by atomic mass is 19.2. The Morgan fingerprint density at radius 2 is 1.68 bits per heavy atom. The molecule has 2 N–H and O–H groups in total. The van der Waals surface area contributed by atoms with Gasteiger partial charge in [0.1, 0.15) is 5.82 Å². The van der Waals surface area contributed by atoms with Crippen LogP contribution in [0.15, 0.2) is 48.5 Å². The third-order valence-electron chi connectivity index (χ3n) is 3.45. The first-order chi connectivity index (χ1) is 12.0. The van der Waals surface area contributed by atoms with Crippen LogP contribution in [0.5, 0.6) is 0 Å². The number of benzene rings is 2. The molecule has 0 saturated heterocycles. The van der Waals surface area contributed by atoms with Crippen LogP contribution in [-0.2, 0) is 6.54 Å². The molecule has 3 aromatic rings. The zero-order chi connectivity index (χ0) is 17.8. The van der Waals surface area contributed by atoms with Gasteiger partial charge in [0.25, 0.3) is 0 Å². The molecule has 0 aliphatic heterocycles. The molecule has 0 fully saturated rings. The van der Waals surface area contributed by atoms with Gasteiger partial charge >= 0.3 is 0 Å². The number of nitrogens with one attached hydrogen (secondary N) is 2. The van der Waals surface area contributed by atoms with E-state index in [1.54, 1.807) is 13.0 Å². The smallest absolute Gasteiger partial charge is 0.225 e. The number of aryl methyl sites for hydroxylation is 1. The van der Waals surface area contributed by atoms with Crippen molar-refractivity contribution in [1.29, 1.82) is 0 Å². The van der Waals surface area contributed by atoms with E-state index in [1.165, 1.54) is 0 Å². The van der Waals surface area contributed by atoms with Crippen molar-refractivity contribution in [2.45, 2.75) is 13.5 Å². The number of aromatic nitrogens is 2. The Kier molecular flexibility index (Phi) is 4.83. The molecule has 0 amide bonds. The fourth-order valence-corrected chi connectivity index (χ4v) is 2.25. The first kappa shape index (κ1) is 16.8. The van der Waals surface area contributed by atoms with Crippen molar-refractivity contribution >= 4 is 17.5 Å². The summed E-state index contributed by atoms with van der Waals surface area (Å²) in [6.45, 7) is 2.27. The van der Waals surface area contributed by atoms with Gasteiger partial charge in [0.2, 0.25) is 5.95 Å². The van der Waals surface area contributed by atoms with Crippen molar-refractivity contribution in [2.75, 3.05) is 10.6 Å². The highest BCUT2D eigenvalue weighted by Gasteiger charge is 2.14. The maximum atomic E-state index is 13.8. The van der Waals surface area contributed by atoms with Crippen LogP contribution in [0, 0.1) is 24.4 Å². The Balaban J connectivity index is 1.79. The lowest BCUT2D eigenvalue weighted by Gasteiger charge is -2.11. The topological polar surface area (TPSA) is 49.8 Å². The first-order valence-corrected chi connectivity index (χ1v) is 7.57. The van der Waals surface area contributed by atoms with Crippen LogP contribution >= 0.6 is 0 Å². The minimum atomic E-state index is -1.53. The molecule has 0 saturated carbocycles. The fraction of sp³-hybridized carbons (Fsp3) is 0.111. The van der Waals surface area contributed by atoms with Crippen LogP contribution in [0.4, 0.5) is 30.6 Å². The van der Waals surface area contributed by atoms with Crippen LogP contribution in [0.3, 0.4) is 0 Å². The van der Waals surface area contributed by atoms with Crippen LogP contribution < -0.4 is 10.6 Å². The first-order valence-electron chi connectivity index (χ1n) is 7.57. The van der Waals surface area contributed by atoms with Gasteiger partial charge < -0.3 is 10.6 Å². The summed E-state index contributed by atoms with van der Waals surface area (Å²) in [4.78, 5) is 8.48. The number of hydrogen-bond acceptors (Lipinski definition) is 4. The van der Waals surface area contributed by atoms with E-state index in [9.17, 15) is 13.2 Å². The van der Waals surface area contributed by atoms with E-state index in [0.29, 0.717) is 18.2 Å². The van der Waals surface area contributed by atoms with E-state index in [4.69, 9.17) is 0 Å². The third kappa shape index (κ3) is 4.06. The Morgan fingerprint density at radius 1 is 0.920 bits per heavy atom. The molecule has 128 valence electrons. The van der Waals surface area contributed by atoms with E-state index in [2.05, 4.69) is 20.6 Å². The van der Waals surface area contributed by atoms with Gasteiger partial charge in [-0.15, -0.1) is 0 Å². The summed E-state index contributed by atoms with van der Waals surface area (Å²) in [7, 11) is 0.